The van der Waals surface area contributed by atoms with Crippen molar-refractivity contribution in [1.82, 2.24) is 10.2 Å². The Balaban J connectivity index is 1.67. The highest BCUT2D eigenvalue weighted by atomic mass is 35.5. The smallest absolute Gasteiger partial charge is 0.242 e. The molecule has 0 bridgehead atoms. The van der Waals surface area contributed by atoms with Crippen molar-refractivity contribution in [1.29, 1.82) is 0 Å². The van der Waals surface area contributed by atoms with Crippen LogP contribution < -0.4 is 5.32 Å². The number of carbonyl (C=O) groups is 2. The molecule has 2 aromatic rings. The van der Waals surface area contributed by atoms with Crippen molar-refractivity contribution in [2.75, 3.05) is 5.75 Å². The molecule has 32 heavy (non-hydrogen) atoms. The lowest BCUT2D eigenvalue weighted by molar-refractivity contribution is -0.138. The maximum Gasteiger partial charge on any atom is 0.242 e. The molecule has 1 fully saturated rings. The molecule has 0 saturated heterocycles. The van der Waals surface area contributed by atoms with E-state index in [4.69, 9.17) is 11.6 Å². The Morgan fingerprint density at radius 2 is 1.84 bits per heavy atom. The van der Waals surface area contributed by atoms with Crippen molar-refractivity contribution in [3.63, 3.8) is 0 Å². The second-order valence-corrected chi connectivity index (χ2v) is 9.40. The van der Waals surface area contributed by atoms with Gasteiger partial charge in [-0.3, -0.25) is 9.59 Å². The zero-order valence-corrected chi connectivity index (χ0v) is 19.5. The van der Waals surface area contributed by atoms with Gasteiger partial charge in [0.25, 0.3) is 0 Å². The maximum absolute atomic E-state index is 14.0. The van der Waals surface area contributed by atoms with E-state index < -0.39 is 11.9 Å². The summed E-state index contributed by atoms with van der Waals surface area (Å²) in [4.78, 5) is 27.4. The molecule has 0 spiro atoms. The van der Waals surface area contributed by atoms with Gasteiger partial charge in [-0.25, -0.2) is 8.78 Å². The van der Waals surface area contributed by atoms with Crippen molar-refractivity contribution in [3.8, 4) is 0 Å². The van der Waals surface area contributed by atoms with Gasteiger partial charge in [-0.05, 0) is 49.6 Å². The average molecular weight is 481 g/mol. The minimum Gasteiger partial charge on any atom is -0.352 e. The van der Waals surface area contributed by atoms with E-state index in [1.807, 2.05) is 0 Å². The van der Waals surface area contributed by atoms with Crippen LogP contribution >= 0.6 is 23.4 Å². The van der Waals surface area contributed by atoms with Gasteiger partial charge in [-0.1, -0.05) is 42.6 Å². The van der Waals surface area contributed by atoms with E-state index in [1.54, 1.807) is 25.1 Å². The van der Waals surface area contributed by atoms with Crippen LogP contribution in [0.1, 0.15) is 43.7 Å². The van der Waals surface area contributed by atoms with Crippen LogP contribution in [0.15, 0.2) is 42.5 Å². The standard InChI is InChI=1S/C24H27ClF2N2O2S/c1-16(24(31)28-19-5-2-3-6-19)29(13-17-9-11-18(26)12-10-17)23(30)15-32-14-20-21(25)7-4-8-22(20)27/h4,7-12,16,19H,2-3,5-6,13-15H2,1H3,(H,28,31)/t16-/m1/s1. The summed E-state index contributed by atoms with van der Waals surface area (Å²) in [5, 5.41) is 3.36. The molecule has 1 N–H and O–H groups in total. The van der Waals surface area contributed by atoms with Crippen LogP contribution in [0.2, 0.25) is 5.02 Å². The quantitative estimate of drug-likeness (QED) is 0.528. The van der Waals surface area contributed by atoms with Crippen molar-refractivity contribution in [2.24, 2.45) is 0 Å². The Morgan fingerprint density at radius 3 is 2.50 bits per heavy atom. The molecule has 0 aromatic heterocycles. The van der Waals surface area contributed by atoms with Gasteiger partial charge < -0.3 is 10.2 Å². The van der Waals surface area contributed by atoms with Gasteiger partial charge >= 0.3 is 0 Å². The molecule has 1 atom stereocenters. The highest BCUT2D eigenvalue weighted by molar-refractivity contribution is 7.99. The molecule has 0 radical (unpaired) electrons. The number of hydrogen-bond donors (Lipinski definition) is 1. The van der Waals surface area contributed by atoms with E-state index in [-0.39, 0.29) is 41.7 Å². The van der Waals surface area contributed by atoms with E-state index in [0.717, 1.165) is 31.2 Å². The van der Waals surface area contributed by atoms with Crippen LogP contribution in [0.4, 0.5) is 8.78 Å². The van der Waals surface area contributed by atoms with Crippen molar-refractivity contribution >= 4 is 35.2 Å². The molecule has 0 heterocycles. The second kappa shape index (κ2) is 11.7. The van der Waals surface area contributed by atoms with E-state index in [2.05, 4.69) is 5.32 Å². The molecule has 1 aliphatic rings. The highest BCUT2D eigenvalue weighted by Gasteiger charge is 2.28. The normalized spacial score (nSPS) is 14.9. The first kappa shape index (κ1) is 24.5. The molecule has 1 saturated carbocycles. The zero-order chi connectivity index (χ0) is 23.1. The van der Waals surface area contributed by atoms with Gasteiger partial charge in [0.2, 0.25) is 11.8 Å². The van der Waals surface area contributed by atoms with Crippen LogP contribution in [-0.4, -0.2) is 34.6 Å². The minimum atomic E-state index is -0.689. The Morgan fingerprint density at radius 1 is 1.16 bits per heavy atom. The van der Waals surface area contributed by atoms with Crippen molar-refractivity contribution in [3.05, 3.63) is 70.2 Å². The number of hydrogen-bond acceptors (Lipinski definition) is 3. The lowest BCUT2D eigenvalue weighted by Gasteiger charge is -2.29. The third-order valence-corrected chi connectivity index (χ3v) is 6.97. The van der Waals surface area contributed by atoms with E-state index in [1.165, 1.54) is 40.9 Å². The molecule has 3 rings (SSSR count). The van der Waals surface area contributed by atoms with Gasteiger partial charge in [-0.15, -0.1) is 11.8 Å². The number of benzene rings is 2. The summed E-state index contributed by atoms with van der Waals surface area (Å²) in [5.74, 6) is -0.923. The first-order chi connectivity index (χ1) is 15.3. The monoisotopic (exact) mass is 480 g/mol. The molecule has 0 aliphatic heterocycles. The number of halogens is 3. The third kappa shape index (κ3) is 6.69. The Hall–Kier alpha value is -2.12. The largest absolute Gasteiger partial charge is 0.352 e. The fourth-order valence-electron chi connectivity index (χ4n) is 3.75. The van der Waals surface area contributed by atoms with E-state index >= 15 is 0 Å². The van der Waals surface area contributed by atoms with Gasteiger partial charge in [-0.2, -0.15) is 0 Å². The number of nitrogens with one attached hydrogen (secondary N) is 1. The number of rotatable bonds is 9. The fraction of sp³-hybridized carbons (Fsp3) is 0.417. The van der Waals surface area contributed by atoms with Crippen LogP contribution in [0, 0.1) is 11.6 Å². The lowest BCUT2D eigenvalue weighted by atomic mass is 10.1. The highest BCUT2D eigenvalue weighted by Crippen LogP contribution is 2.25. The summed E-state index contributed by atoms with van der Waals surface area (Å²) in [6.45, 7) is 1.88. The molecule has 2 aromatic carbocycles. The van der Waals surface area contributed by atoms with Gasteiger partial charge in [0.15, 0.2) is 0 Å². The molecule has 2 amide bonds. The van der Waals surface area contributed by atoms with E-state index in [9.17, 15) is 18.4 Å². The number of thioether (sulfide) groups is 1. The number of carbonyl (C=O) groups excluding carboxylic acids is 2. The molecule has 0 unspecified atom stereocenters. The van der Waals surface area contributed by atoms with Crippen LogP contribution in [0.25, 0.3) is 0 Å². The molecule has 172 valence electrons. The minimum absolute atomic E-state index is 0.0624. The Labute approximate surface area is 196 Å². The van der Waals surface area contributed by atoms with Crippen LogP contribution in [0.5, 0.6) is 0 Å². The molecule has 8 heteroatoms. The summed E-state index contributed by atoms with van der Waals surface area (Å²) < 4.78 is 27.3. The topological polar surface area (TPSA) is 49.4 Å². The summed E-state index contributed by atoms with van der Waals surface area (Å²) in [5.41, 5.74) is 1.08. The number of nitrogens with zero attached hydrogens (tertiary/aromatic N) is 1. The average Bonchev–Trinajstić information content (AvgIpc) is 3.27. The summed E-state index contributed by atoms with van der Waals surface area (Å²) in [6, 6.07) is 9.79. The predicted octanol–water partition coefficient (Wildman–Crippen LogP) is 5.33. The van der Waals surface area contributed by atoms with Crippen LogP contribution in [-0.2, 0) is 21.9 Å². The zero-order valence-electron chi connectivity index (χ0n) is 18.0. The fourth-order valence-corrected chi connectivity index (χ4v) is 5.00. The predicted molar refractivity (Wildman–Crippen MR) is 124 cm³/mol. The van der Waals surface area contributed by atoms with Crippen molar-refractivity contribution < 1.29 is 18.4 Å². The lowest BCUT2D eigenvalue weighted by Crippen LogP contribution is -2.50. The first-order valence-corrected chi connectivity index (χ1v) is 12.2. The van der Waals surface area contributed by atoms with Gasteiger partial charge in [0.1, 0.15) is 17.7 Å². The summed E-state index contributed by atoms with van der Waals surface area (Å²) in [7, 11) is 0. The molecular weight excluding hydrogens is 454 g/mol. The molecule has 4 nitrogen and oxygen atoms in total. The maximum atomic E-state index is 14.0. The first-order valence-electron chi connectivity index (χ1n) is 10.7. The van der Waals surface area contributed by atoms with Crippen LogP contribution in [0.3, 0.4) is 0 Å². The molecular formula is C24H27ClF2N2O2S. The third-order valence-electron chi connectivity index (χ3n) is 5.67. The Bertz CT molecular complexity index is 916. The summed E-state index contributed by atoms with van der Waals surface area (Å²) in [6.07, 6.45) is 4.08. The Kier molecular flexibility index (Phi) is 8.93. The van der Waals surface area contributed by atoms with E-state index in [0.29, 0.717) is 10.6 Å². The van der Waals surface area contributed by atoms with Crippen molar-refractivity contribution in [2.45, 2.75) is 57.0 Å². The summed E-state index contributed by atoms with van der Waals surface area (Å²) >= 11 is 7.31. The van der Waals surface area contributed by atoms with Gasteiger partial charge in [0.05, 0.1) is 5.75 Å². The SMILES string of the molecule is C[C@H](C(=O)NC1CCCC1)N(Cc1ccc(F)cc1)C(=O)CSCc1c(F)cccc1Cl. The number of amides is 2. The molecule has 1 aliphatic carbocycles. The van der Waals surface area contributed by atoms with Gasteiger partial charge in [0, 0.05) is 28.9 Å². The second-order valence-electron chi connectivity index (χ2n) is 8.01.